The number of hydrogen-bond acceptors (Lipinski definition) is 6. The molecule has 202 valence electrons. The molecule has 0 spiro atoms. The van der Waals surface area contributed by atoms with E-state index in [1.807, 2.05) is 18.2 Å². The molecule has 38 heavy (non-hydrogen) atoms. The van der Waals surface area contributed by atoms with Crippen LogP contribution in [0.4, 0.5) is 0 Å². The van der Waals surface area contributed by atoms with Crippen LogP contribution in [0.25, 0.3) is 5.69 Å². The van der Waals surface area contributed by atoms with Crippen LogP contribution in [0.1, 0.15) is 79.1 Å². The minimum Gasteiger partial charge on any atom is -0.497 e. The van der Waals surface area contributed by atoms with E-state index in [4.69, 9.17) is 14.7 Å². The summed E-state index contributed by atoms with van der Waals surface area (Å²) in [6, 6.07) is 5.54. The fourth-order valence-electron chi connectivity index (χ4n) is 6.80. The van der Waals surface area contributed by atoms with E-state index in [9.17, 15) is 4.79 Å². The molecule has 0 radical (unpaired) electrons. The van der Waals surface area contributed by atoms with E-state index in [2.05, 4.69) is 49.7 Å². The summed E-state index contributed by atoms with van der Waals surface area (Å²) in [6.07, 6.45) is 9.73. The van der Waals surface area contributed by atoms with Gasteiger partial charge in [0.1, 0.15) is 11.6 Å². The second kappa shape index (κ2) is 10.5. The van der Waals surface area contributed by atoms with Gasteiger partial charge in [-0.25, -0.2) is 9.97 Å². The minimum absolute atomic E-state index is 0.0391. The molecule has 8 nitrogen and oxygen atoms in total. The maximum Gasteiger partial charge on any atom is 0.256 e. The zero-order valence-corrected chi connectivity index (χ0v) is 23.6. The molecule has 1 aromatic carbocycles. The highest BCUT2D eigenvalue weighted by molar-refractivity contribution is 5.99. The van der Waals surface area contributed by atoms with Crippen LogP contribution >= 0.6 is 0 Å². The van der Waals surface area contributed by atoms with Gasteiger partial charge in [-0.15, -0.1) is 0 Å². The summed E-state index contributed by atoms with van der Waals surface area (Å²) in [7, 11) is 1.63. The van der Waals surface area contributed by atoms with Gasteiger partial charge in [0, 0.05) is 35.8 Å². The molecule has 1 amide bonds. The molecule has 3 aromatic rings. The lowest BCUT2D eigenvalue weighted by Crippen LogP contribution is -2.71. The standard InChI is InChI=1S/C30H40N6O2/c1-19(2)30-13-7-8-23(16-28-33-21(4)20(3)22(5)34-28)9-10-24(30)18-35(30)29(37)26-17-25(38-6)11-12-27(26)36-31-14-15-32-36/h11-12,14-15,17,19,23-24H,7-10,13,16,18H2,1-6H3. The van der Waals surface area contributed by atoms with Crippen molar-refractivity contribution < 1.29 is 9.53 Å². The monoisotopic (exact) mass is 516 g/mol. The van der Waals surface area contributed by atoms with E-state index in [0.717, 1.165) is 62.3 Å². The van der Waals surface area contributed by atoms with Gasteiger partial charge in [0.2, 0.25) is 0 Å². The van der Waals surface area contributed by atoms with Crippen LogP contribution in [0.15, 0.2) is 30.6 Å². The summed E-state index contributed by atoms with van der Waals surface area (Å²) >= 11 is 0. The first-order valence-electron chi connectivity index (χ1n) is 13.9. The molecular weight excluding hydrogens is 476 g/mol. The average molecular weight is 517 g/mol. The van der Waals surface area contributed by atoms with Crippen molar-refractivity contribution in [2.75, 3.05) is 13.7 Å². The molecule has 1 aliphatic heterocycles. The molecule has 2 aromatic heterocycles. The van der Waals surface area contributed by atoms with Crippen molar-refractivity contribution in [2.24, 2.45) is 17.8 Å². The Morgan fingerprint density at radius 2 is 1.79 bits per heavy atom. The zero-order valence-electron chi connectivity index (χ0n) is 23.6. The molecule has 1 aliphatic carbocycles. The number of nitrogens with zero attached hydrogens (tertiary/aromatic N) is 6. The fourth-order valence-corrected chi connectivity index (χ4v) is 6.80. The Hall–Kier alpha value is -3.29. The van der Waals surface area contributed by atoms with Crippen LogP contribution < -0.4 is 4.74 Å². The fraction of sp³-hybridized carbons (Fsp3) is 0.567. The van der Waals surface area contributed by atoms with Crippen LogP contribution in [0.5, 0.6) is 5.75 Å². The number of carbonyl (C=O) groups is 1. The van der Waals surface area contributed by atoms with E-state index in [0.29, 0.717) is 34.8 Å². The van der Waals surface area contributed by atoms with Crippen molar-refractivity contribution in [3.63, 3.8) is 0 Å². The maximum atomic E-state index is 14.2. The molecule has 3 heterocycles. The lowest BCUT2D eigenvalue weighted by Gasteiger charge is -2.62. The number of benzene rings is 1. The SMILES string of the molecule is COc1ccc(-n2nccn2)c(C(=O)N2CC3CCC(Cc4nc(C)c(C)c(C)n4)CCCC32C(C)C)c1. The number of hydrogen-bond donors (Lipinski definition) is 0. The van der Waals surface area contributed by atoms with Gasteiger partial charge in [-0.2, -0.15) is 15.0 Å². The lowest BCUT2D eigenvalue weighted by molar-refractivity contribution is -0.102. The molecule has 1 saturated heterocycles. The van der Waals surface area contributed by atoms with Gasteiger partial charge in [-0.05, 0) is 82.1 Å². The molecule has 2 fully saturated rings. The van der Waals surface area contributed by atoms with E-state index in [1.165, 1.54) is 10.4 Å². The van der Waals surface area contributed by atoms with Crippen molar-refractivity contribution in [2.45, 2.75) is 78.7 Å². The summed E-state index contributed by atoms with van der Waals surface area (Å²) in [5.74, 6) is 3.12. The summed E-state index contributed by atoms with van der Waals surface area (Å²) < 4.78 is 5.48. The Morgan fingerprint density at radius 3 is 2.45 bits per heavy atom. The van der Waals surface area contributed by atoms with Crippen molar-refractivity contribution in [3.8, 4) is 11.4 Å². The number of fused-ring (bicyclic) bond motifs is 1. The topological polar surface area (TPSA) is 86.0 Å². The number of aromatic nitrogens is 5. The predicted molar refractivity (Wildman–Crippen MR) is 147 cm³/mol. The molecule has 8 heteroatoms. The Morgan fingerprint density at radius 1 is 1.08 bits per heavy atom. The summed E-state index contributed by atoms with van der Waals surface area (Å²) in [5, 5.41) is 8.58. The summed E-state index contributed by atoms with van der Waals surface area (Å²) in [4.78, 5) is 27.4. The Balaban J connectivity index is 1.36. The zero-order chi connectivity index (χ0) is 27.0. The van der Waals surface area contributed by atoms with Gasteiger partial charge in [0.15, 0.2) is 0 Å². The normalized spacial score (nSPS) is 23.4. The van der Waals surface area contributed by atoms with Crippen LogP contribution in [0, 0.1) is 38.5 Å². The van der Waals surface area contributed by atoms with Crippen molar-refractivity contribution >= 4 is 5.91 Å². The molecule has 0 bridgehead atoms. The second-order valence-corrected chi connectivity index (χ2v) is 11.4. The third-order valence-corrected chi connectivity index (χ3v) is 9.19. The van der Waals surface area contributed by atoms with Crippen LogP contribution in [-0.4, -0.2) is 55.0 Å². The number of rotatable bonds is 6. The first kappa shape index (κ1) is 26.3. The largest absolute Gasteiger partial charge is 0.497 e. The molecule has 2 aliphatic rings. The first-order valence-corrected chi connectivity index (χ1v) is 13.9. The molecule has 0 N–H and O–H groups in total. The Bertz CT molecular complexity index is 1280. The van der Waals surface area contributed by atoms with E-state index >= 15 is 0 Å². The summed E-state index contributed by atoms with van der Waals surface area (Å²) in [5.41, 5.74) is 4.50. The highest BCUT2D eigenvalue weighted by Gasteiger charge is 2.57. The van der Waals surface area contributed by atoms with Gasteiger partial charge in [0.05, 0.1) is 30.8 Å². The Labute approximate surface area is 225 Å². The lowest BCUT2D eigenvalue weighted by atomic mass is 9.60. The van der Waals surface area contributed by atoms with E-state index in [1.54, 1.807) is 19.5 Å². The first-order chi connectivity index (χ1) is 18.2. The number of aryl methyl sites for hydroxylation is 2. The van der Waals surface area contributed by atoms with Crippen molar-refractivity contribution in [3.05, 3.63) is 58.9 Å². The number of methoxy groups -OCH3 is 1. The van der Waals surface area contributed by atoms with Gasteiger partial charge in [-0.1, -0.05) is 20.3 Å². The predicted octanol–water partition coefficient (Wildman–Crippen LogP) is 5.28. The van der Waals surface area contributed by atoms with Gasteiger partial charge < -0.3 is 9.64 Å². The van der Waals surface area contributed by atoms with Crippen molar-refractivity contribution in [1.82, 2.24) is 29.9 Å². The highest BCUT2D eigenvalue weighted by atomic mass is 16.5. The highest BCUT2D eigenvalue weighted by Crippen LogP contribution is 2.51. The second-order valence-electron chi connectivity index (χ2n) is 11.4. The smallest absolute Gasteiger partial charge is 0.256 e. The number of carbonyl (C=O) groups excluding carboxylic acids is 1. The molecular formula is C30H40N6O2. The number of likely N-dealkylation sites (tertiary alicyclic amines) is 1. The number of ether oxygens (including phenoxy) is 1. The molecule has 5 rings (SSSR count). The average Bonchev–Trinajstić information content (AvgIpc) is 3.42. The van der Waals surface area contributed by atoms with Gasteiger partial charge >= 0.3 is 0 Å². The van der Waals surface area contributed by atoms with Crippen LogP contribution in [0.3, 0.4) is 0 Å². The van der Waals surface area contributed by atoms with Crippen LogP contribution in [0.2, 0.25) is 0 Å². The quantitative estimate of drug-likeness (QED) is 0.443. The van der Waals surface area contributed by atoms with E-state index in [-0.39, 0.29) is 11.4 Å². The Kier molecular flexibility index (Phi) is 7.25. The van der Waals surface area contributed by atoms with Crippen molar-refractivity contribution in [1.29, 1.82) is 0 Å². The minimum atomic E-state index is -0.131. The summed E-state index contributed by atoms with van der Waals surface area (Å²) in [6.45, 7) is 11.6. The molecule has 3 atom stereocenters. The third-order valence-electron chi connectivity index (χ3n) is 9.19. The number of amides is 1. The maximum absolute atomic E-state index is 14.2. The molecule has 3 unspecified atom stereocenters. The van der Waals surface area contributed by atoms with E-state index < -0.39 is 0 Å². The van der Waals surface area contributed by atoms with Gasteiger partial charge in [0.25, 0.3) is 5.91 Å². The third kappa shape index (κ3) is 4.58. The van der Waals surface area contributed by atoms with Crippen LogP contribution in [-0.2, 0) is 6.42 Å². The molecule has 1 saturated carbocycles. The van der Waals surface area contributed by atoms with Gasteiger partial charge in [-0.3, -0.25) is 4.79 Å².